The molecule has 2 aromatic rings. The Morgan fingerprint density at radius 3 is 1.58 bits per heavy atom. The molecule has 0 aliphatic carbocycles. The van der Waals surface area contributed by atoms with Gasteiger partial charge in [-0.1, -0.05) is 30.0 Å². The van der Waals surface area contributed by atoms with Crippen LogP contribution in [0.3, 0.4) is 0 Å². The normalized spacial score (nSPS) is 8.42. The molecule has 0 fully saturated rings. The molecule has 2 rings (SSSR count). The molecule has 1 heteroatoms. The maximum Gasteiger partial charge on any atom is 0.0361 e. The number of hydrogen-bond donors (Lipinski definition) is 0. The minimum atomic E-state index is 0.926. The minimum absolute atomic E-state index is 0.926. The van der Waals surface area contributed by atoms with Gasteiger partial charge >= 0.3 is 0 Å². The van der Waals surface area contributed by atoms with Gasteiger partial charge in [-0.2, -0.15) is 0 Å². The fraction of sp³-hybridized carbons (Fsp3) is 0.111. The van der Waals surface area contributed by atoms with Crippen LogP contribution in [-0.2, 0) is 0 Å². The van der Waals surface area contributed by atoms with Gasteiger partial charge < -0.3 is 4.90 Å². The summed E-state index contributed by atoms with van der Waals surface area (Å²) in [6.07, 6.45) is 10.3. The van der Waals surface area contributed by atoms with E-state index in [1.807, 2.05) is 73.6 Å². The van der Waals surface area contributed by atoms with Gasteiger partial charge in [0.1, 0.15) is 0 Å². The number of rotatable bonds is 1. The van der Waals surface area contributed by atoms with E-state index in [4.69, 9.17) is 12.8 Å². The Balaban J connectivity index is 0.000000200. The largest absolute Gasteiger partial charge is 0.378 e. The summed E-state index contributed by atoms with van der Waals surface area (Å²) in [4.78, 5) is 2.04. The summed E-state index contributed by atoms with van der Waals surface area (Å²) in [7, 11) is 4.01. The molecule has 0 saturated heterocycles. The summed E-state index contributed by atoms with van der Waals surface area (Å²) in [5.74, 6) is 5.10. The summed E-state index contributed by atoms with van der Waals surface area (Å²) in [6.45, 7) is 0. The third kappa shape index (κ3) is 5.02. The van der Waals surface area contributed by atoms with Crippen molar-refractivity contribution in [2.45, 2.75) is 0 Å². The highest BCUT2D eigenvalue weighted by Gasteiger charge is 1.92. The Bertz CT molecular complexity index is 566. The van der Waals surface area contributed by atoms with Crippen LogP contribution in [0.1, 0.15) is 11.1 Å². The molecule has 0 aromatic heterocycles. The highest BCUT2D eigenvalue weighted by atomic mass is 15.1. The van der Waals surface area contributed by atoms with E-state index in [9.17, 15) is 0 Å². The standard InChI is InChI=1S/C10H11N.C8H6/c1-4-9-5-7-10(8-6-9)11(2)3;1-2-8-6-4-3-5-7-8/h1,5-8H,2-3H3;1,3-7H. The summed E-state index contributed by atoms with van der Waals surface area (Å²) in [5.41, 5.74) is 3.03. The lowest BCUT2D eigenvalue weighted by Gasteiger charge is -2.11. The summed E-state index contributed by atoms with van der Waals surface area (Å²) in [5, 5.41) is 0. The number of hydrogen-bond acceptors (Lipinski definition) is 1. The number of terminal acetylenes is 2. The third-order valence-electron chi connectivity index (χ3n) is 2.49. The van der Waals surface area contributed by atoms with Crippen LogP contribution < -0.4 is 4.90 Å². The van der Waals surface area contributed by atoms with Gasteiger partial charge in [0.2, 0.25) is 0 Å². The van der Waals surface area contributed by atoms with E-state index >= 15 is 0 Å². The minimum Gasteiger partial charge on any atom is -0.378 e. The monoisotopic (exact) mass is 247 g/mol. The fourth-order valence-corrected chi connectivity index (χ4v) is 1.39. The lowest BCUT2D eigenvalue weighted by Crippen LogP contribution is -2.07. The topological polar surface area (TPSA) is 3.24 Å². The van der Waals surface area contributed by atoms with Gasteiger partial charge in [0.25, 0.3) is 0 Å². The van der Waals surface area contributed by atoms with Crippen LogP contribution in [0.4, 0.5) is 5.69 Å². The molecule has 0 bridgehead atoms. The Morgan fingerprint density at radius 2 is 1.21 bits per heavy atom. The molecule has 94 valence electrons. The van der Waals surface area contributed by atoms with Crippen molar-refractivity contribution in [1.29, 1.82) is 0 Å². The van der Waals surface area contributed by atoms with Crippen LogP contribution in [0.2, 0.25) is 0 Å². The zero-order chi connectivity index (χ0) is 14.1. The Kier molecular flexibility index (Phi) is 5.80. The summed E-state index contributed by atoms with van der Waals surface area (Å²) < 4.78 is 0. The van der Waals surface area contributed by atoms with E-state index in [1.165, 1.54) is 5.69 Å². The van der Waals surface area contributed by atoms with Crippen molar-refractivity contribution < 1.29 is 0 Å². The molecule has 0 amide bonds. The molecule has 0 aliphatic heterocycles. The van der Waals surface area contributed by atoms with Crippen LogP contribution in [0.15, 0.2) is 54.6 Å². The molecule has 0 saturated carbocycles. The molecule has 0 unspecified atom stereocenters. The first kappa shape index (κ1) is 14.4. The summed E-state index contributed by atoms with van der Waals surface area (Å²) in [6, 6.07) is 17.5. The van der Waals surface area contributed by atoms with Crippen molar-refractivity contribution in [1.82, 2.24) is 0 Å². The predicted molar refractivity (Wildman–Crippen MR) is 83.1 cm³/mol. The second kappa shape index (κ2) is 7.64. The maximum absolute atomic E-state index is 5.21. The first-order valence-electron chi connectivity index (χ1n) is 5.93. The second-order valence-corrected chi connectivity index (χ2v) is 4.10. The zero-order valence-corrected chi connectivity index (χ0v) is 11.3. The number of nitrogens with zero attached hydrogens (tertiary/aromatic N) is 1. The Morgan fingerprint density at radius 1 is 0.737 bits per heavy atom. The molecule has 2 aromatic carbocycles. The molecular formula is C18H17N. The third-order valence-corrected chi connectivity index (χ3v) is 2.49. The number of anilines is 1. The van der Waals surface area contributed by atoms with Crippen LogP contribution in [0.25, 0.3) is 0 Å². The first-order valence-corrected chi connectivity index (χ1v) is 5.93. The van der Waals surface area contributed by atoms with E-state index in [2.05, 4.69) is 11.8 Å². The predicted octanol–water partition coefficient (Wildman–Crippen LogP) is 3.40. The molecule has 0 radical (unpaired) electrons. The average molecular weight is 247 g/mol. The van der Waals surface area contributed by atoms with Gasteiger partial charge in [-0.25, -0.2) is 0 Å². The highest BCUT2D eigenvalue weighted by Crippen LogP contribution is 2.10. The van der Waals surface area contributed by atoms with E-state index in [0.717, 1.165) is 11.1 Å². The van der Waals surface area contributed by atoms with Gasteiger partial charge in [-0.05, 0) is 36.4 Å². The first-order chi connectivity index (χ1) is 9.17. The van der Waals surface area contributed by atoms with E-state index in [-0.39, 0.29) is 0 Å². The SMILES string of the molecule is C#Cc1ccc(N(C)C)cc1.C#Cc1ccccc1. The Hall–Kier alpha value is -2.64. The summed E-state index contributed by atoms with van der Waals surface area (Å²) >= 11 is 0. The fourth-order valence-electron chi connectivity index (χ4n) is 1.39. The van der Waals surface area contributed by atoms with Crippen molar-refractivity contribution in [3.8, 4) is 24.7 Å². The molecule has 0 aliphatic rings. The van der Waals surface area contributed by atoms with E-state index in [1.54, 1.807) is 0 Å². The van der Waals surface area contributed by atoms with E-state index in [0.29, 0.717) is 0 Å². The quantitative estimate of drug-likeness (QED) is 0.698. The number of benzene rings is 2. The second-order valence-electron chi connectivity index (χ2n) is 4.10. The van der Waals surface area contributed by atoms with Crippen molar-refractivity contribution >= 4 is 5.69 Å². The highest BCUT2D eigenvalue weighted by molar-refractivity contribution is 5.48. The van der Waals surface area contributed by atoms with Crippen LogP contribution in [0.5, 0.6) is 0 Å². The van der Waals surface area contributed by atoms with Gasteiger partial charge in [0, 0.05) is 30.9 Å². The molecule has 0 heterocycles. The van der Waals surface area contributed by atoms with Crippen molar-refractivity contribution in [2.75, 3.05) is 19.0 Å². The molecule has 19 heavy (non-hydrogen) atoms. The van der Waals surface area contributed by atoms with Gasteiger partial charge in [-0.3, -0.25) is 0 Å². The van der Waals surface area contributed by atoms with E-state index < -0.39 is 0 Å². The lowest BCUT2D eigenvalue weighted by molar-refractivity contribution is 1.13. The molecule has 0 atom stereocenters. The van der Waals surface area contributed by atoms with Crippen molar-refractivity contribution in [2.24, 2.45) is 0 Å². The molecule has 0 N–H and O–H groups in total. The molecule has 1 nitrogen and oxygen atoms in total. The van der Waals surface area contributed by atoms with Crippen molar-refractivity contribution in [3.05, 3.63) is 65.7 Å². The smallest absolute Gasteiger partial charge is 0.0361 e. The van der Waals surface area contributed by atoms with Gasteiger partial charge in [0.05, 0.1) is 0 Å². The maximum atomic E-state index is 5.21. The van der Waals surface area contributed by atoms with Crippen molar-refractivity contribution in [3.63, 3.8) is 0 Å². The van der Waals surface area contributed by atoms with Gasteiger partial charge in [0.15, 0.2) is 0 Å². The molecule has 0 spiro atoms. The molecular weight excluding hydrogens is 230 g/mol. The average Bonchev–Trinajstić information content (AvgIpc) is 2.48. The Labute approximate surface area is 115 Å². The zero-order valence-electron chi connectivity index (χ0n) is 11.3. The van der Waals surface area contributed by atoms with Crippen LogP contribution in [0, 0.1) is 24.7 Å². The lowest BCUT2D eigenvalue weighted by atomic mass is 10.2. The van der Waals surface area contributed by atoms with Gasteiger partial charge in [-0.15, -0.1) is 12.8 Å². The van der Waals surface area contributed by atoms with Crippen LogP contribution >= 0.6 is 0 Å². The van der Waals surface area contributed by atoms with Crippen LogP contribution in [-0.4, -0.2) is 14.1 Å².